The van der Waals surface area contributed by atoms with Crippen LogP contribution < -0.4 is 10.0 Å². The van der Waals surface area contributed by atoms with Gasteiger partial charge in [-0.2, -0.15) is 4.31 Å². The molecule has 1 heterocycles. The Morgan fingerprint density at radius 2 is 1.46 bits per heavy atom. The molecule has 0 bridgehead atoms. The Morgan fingerprint density at radius 1 is 0.892 bits per heavy atom. The van der Waals surface area contributed by atoms with E-state index in [1.807, 2.05) is 6.92 Å². The topological polar surface area (TPSA) is 135 Å². The zero-order chi connectivity index (χ0) is 27.0. The third-order valence-electron chi connectivity index (χ3n) is 6.06. The summed E-state index contributed by atoms with van der Waals surface area (Å²) in [5.41, 5.74) is 1.86. The molecule has 1 unspecified atom stereocenters. The molecule has 0 aliphatic carbocycles. The summed E-state index contributed by atoms with van der Waals surface area (Å²) in [5.74, 6) is -1.13. The van der Waals surface area contributed by atoms with Crippen molar-refractivity contribution >= 4 is 53.5 Å². The lowest BCUT2D eigenvalue weighted by Gasteiger charge is -2.27. The van der Waals surface area contributed by atoms with Crippen LogP contribution in [0.4, 0.5) is 5.69 Å². The number of primary sulfonamides is 1. The molecule has 0 radical (unpaired) electrons. The fraction of sp³-hybridized carbons (Fsp3) is 0.200. The molecule has 37 heavy (non-hydrogen) atoms. The second-order valence-electron chi connectivity index (χ2n) is 8.63. The number of aryl methyl sites for hydroxylation is 1. The van der Waals surface area contributed by atoms with Gasteiger partial charge in [0.05, 0.1) is 21.9 Å². The molecular weight excluding hydrogens is 582 g/mol. The van der Waals surface area contributed by atoms with Crippen LogP contribution in [0.2, 0.25) is 0 Å². The molecular formula is C25H24BrN3O6S2. The predicted octanol–water partition coefficient (Wildman–Crippen LogP) is 2.97. The number of hydrogen-bond acceptors (Lipinski definition) is 6. The second-order valence-corrected chi connectivity index (χ2v) is 13.0. The summed E-state index contributed by atoms with van der Waals surface area (Å²) in [4.78, 5) is 27.3. The first kappa shape index (κ1) is 27.1. The maximum absolute atomic E-state index is 13.7. The average Bonchev–Trinajstić information content (AvgIpc) is 3.13. The molecule has 12 heteroatoms. The Balaban J connectivity index is 1.67. The Bertz CT molecular complexity index is 1540. The van der Waals surface area contributed by atoms with Gasteiger partial charge in [0, 0.05) is 11.0 Å². The molecule has 0 aromatic heterocycles. The van der Waals surface area contributed by atoms with Crippen LogP contribution in [0.5, 0.6) is 0 Å². The van der Waals surface area contributed by atoms with Crippen molar-refractivity contribution in [2.24, 2.45) is 5.14 Å². The number of imide groups is 1. The highest BCUT2D eigenvalue weighted by atomic mass is 79.9. The number of carbonyl (C=O) groups excluding carboxylic acids is 2. The number of sulfonamides is 2. The van der Waals surface area contributed by atoms with Crippen LogP contribution in [0.25, 0.3) is 0 Å². The lowest BCUT2D eigenvalue weighted by Crippen LogP contribution is -2.46. The molecule has 3 aromatic rings. The number of amides is 2. The Hall–Kier alpha value is -2.90. The van der Waals surface area contributed by atoms with E-state index in [1.165, 1.54) is 36.4 Å². The Kier molecular flexibility index (Phi) is 7.67. The van der Waals surface area contributed by atoms with E-state index in [-0.39, 0.29) is 29.2 Å². The summed E-state index contributed by atoms with van der Waals surface area (Å²) in [6.45, 7) is 1.72. The van der Waals surface area contributed by atoms with Crippen molar-refractivity contribution in [3.05, 3.63) is 88.4 Å². The zero-order valence-electron chi connectivity index (χ0n) is 19.7. The number of anilines is 1. The van der Waals surface area contributed by atoms with Crippen LogP contribution in [-0.4, -0.2) is 45.5 Å². The Labute approximate surface area is 224 Å². The first-order valence-corrected chi connectivity index (χ1v) is 15.0. The summed E-state index contributed by atoms with van der Waals surface area (Å²) in [5, 5.41) is 5.15. The van der Waals surface area contributed by atoms with E-state index in [4.69, 9.17) is 5.14 Å². The second kappa shape index (κ2) is 10.5. The normalized spacial score (nSPS) is 16.5. The van der Waals surface area contributed by atoms with Crippen molar-refractivity contribution in [3.8, 4) is 0 Å². The highest BCUT2D eigenvalue weighted by Crippen LogP contribution is 2.30. The van der Waals surface area contributed by atoms with E-state index >= 15 is 0 Å². The molecule has 194 valence electrons. The quantitative estimate of drug-likeness (QED) is 0.392. The highest BCUT2D eigenvalue weighted by Gasteiger charge is 2.46. The third kappa shape index (κ3) is 5.83. The minimum Gasteiger partial charge on any atom is -0.274 e. The standard InChI is InChI=1S/C25H24BrN3O6S2/c1-17-2-10-22(11-3-17)37(34,35)28(15-14-18-4-12-21(13-5-18)36(27,32)33)23-16-24(30)29(25(23)31)20-8-6-19(26)7-9-20/h2-13,23H,14-16H2,1H3,(H2,27,32,33). The van der Waals surface area contributed by atoms with Gasteiger partial charge in [-0.1, -0.05) is 45.8 Å². The summed E-state index contributed by atoms with van der Waals surface area (Å²) in [6.07, 6.45) is -0.128. The number of nitrogens with zero attached hydrogens (tertiary/aromatic N) is 2. The molecule has 2 N–H and O–H groups in total. The van der Waals surface area contributed by atoms with Crippen LogP contribution in [0.3, 0.4) is 0 Å². The van der Waals surface area contributed by atoms with Gasteiger partial charge in [0.2, 0.25) is 26.0 Å². The van der Waals surface area contributed by atoms with Gasteiger partial charge in [-0.15, -0.1) is 0 Å². The summed E-state index contributed by atoms with van der Waals surface area (Å²) < 4.78 is 52.4. The van der Waals surface area contributed by atoms with Crippen molar-refractivity contribution in [2.45, 2.75) is 35.6 Å². The van der Waals surface area contributed by atoms with Crippen molar-refractivity contribution in [2.75, 3.05) is 11.4 Å². The predicted molar refractivity (Wildman–Crippen MR) is 142 cm³/mol. The van der Waals surface area contributed by atoms with Gasteiger partial charge in [0.15, 0.2) is 0 Å². The monoisotopic (exact) mass is 605 g/mol. The van der Waals surface area contributed by atoms with Crippen molar-refractivity contribution in [3.63, 3.8) is 0 Å². The number of carbonyl (C=O) groups is 2. The van der Waals surface area contributed by atoms with Gasteiger partial charge in [-0.05, 0) is 67.4 Å². The van der Waals surface area contributed by atoms with Gasteiger partial charge in [0.25, 0.3) is 5.91 Å². The van der Waals surface area contributed by atoms with E-state index in [1.54, 1.807) is 36.4 Å². The van der Waals surface area contributed by atoms with Crippen LogP contribution in [0.15, 0.2) is 87.1 Å². The van der Waals surface area contributed by atoms with Crippen LogP contribution in [0, 0.1) is 6.92 Å². The van der Waals surface area contributed by atoms with Gasteiger partial charge in [-0.25, -0.2) is 26.9 Å². The summed E-state index contributed by atoms with van der Waals surface area (Å²) in [7, 11) is -8.03. The molecule has 1 aliphatic heterocycles. The van der Waals surface area contributed by atoms with Gasteiger partial charge < -0.3 is 0 Å². The van der Waals surface area contributed by atoms with Gasteiger partial charge in [-0.3, -0.25) is 9.59 Å². The molecule has 0 saturated carbocycles. The molecule has 1 aliphatic rings. The highest BCUT2D eigenvalue weighted by molar-refractivity contribution is 9.10. The molecule has 1 atom stereocenters. The summed E-state index contributed by atoms with van der Waals surface area (Å²) in [6, 6.07) is 17.3. The van der Waals surface area contributed by atoms with E-state index < -0.39 is 37.9 Å². The van der Waals surface area contributed by atoms with Crippen molar-refractivity contribution in [1.82, 2.24) is 4.31 Å². The molecule has 9 nitrogen and oxygen atoms in total. The number of nitrogens with two attached hydrogens (primary N) is 1. The van der Waals surface area contributed by atoms with Crippen molar-refractivity contribution in [1.29, 1.82) is 0 Å². The number of halogens is 1. The zero-order valence-corrected chi connectivity index (χ0v) is 23.0. The van der Waals surface area contributed by atoms with E-state index in [2.05, 4.69) is 15.9 Å². The molecule has 3 aromatic carbocycles. The summed E-state index contributed by atoms with van der Waals surface area (Å²) >= 11 is 3.32. The molecule has 1 saturated heterocycles. The number of benzene rings is 3. The van der Waals surface area contributed by atoms with Crippen LogP contribution in [-0.2, 0) is 36.1 Å². The third-order valence-corrected chi connectivity index (χ3v) is 9.44. The largest absolute Gasteiger partial charge is 0.274 e. The average molecular weight is 607 g/mol. The first-order valence-electron chi connectivity index (χ1n) is 11.2. The smallest absolute Gasteiger partial charge is 0.252 e. The number of rotatable bonds is 8. The van der Waals surface area contributed by atoms with Gasteiger partial charge in [0.1, 0.15) is 6.04 Å². The van der Waals surface area contributed by atoms with E-state index in [9.17, 15) is 26.4 Å². The van der Waals surface area contributed by atoms with E-state index in [0.29, 0.717) is 11.3 Å². The maximum Gasteiger partial charge on any atom is 0.252 e. The Morgan fingerprint density at radius 3 is 2.03 bits per heavy atom. The van der Waals surface area contributed by atoms with Crippen molar-refractivity contribution < 1.29 is 26.4 Å². The van der Waals surface area contributed by atoms with Crippen LogP contribution in [0.1, 0.15) is 17.5 Å². The first-order chi connectivity index (χ1) is 17.4. The molecule has 1 fully saturated rings. The fourth-order valence-electron chi connectivity index (χ4n) is 4.08. The van der Waals surface area contributed by atoms with Gasteiger partial charge >= 0.3 is 0 Å². The lowest BCUT2D eigenvalue weighted by atomic mass is 10.1. The lowest BCUT2D eigenvalue weighted by molar-refractivity contribution is -0.122. The SMILES string of the molecule is Cc1ccc(S(=O)(=O)N(CCc2ccc(S(N)(=O)=O)cc2)C2CC(=O)N(c3ccc(Br)cc3)C2=O)cc1. The van der Waals surface area contributed by atoms with E-state index in [0.717, 1.165) is 19.2 Å². The van der Waals surface area contributed by atoms with Crippen LogP contribution >= 0.6 is 15.9 Å². The molecule has 2 amide bonds. The minimum atomic E-state index is -4.16. The molecule has 4 rings (SSSR count). The minimum absolute atomic E-state index is 0.00464. The maximum atomic E-state index is 13.7. The molecule has 0 spiro atoms. The fourth-order valence-corrected chi connectivity index (χ4v) is 6.44. The number of hydrogen-bond donors (Lipinski definition) is 1.